The van der Waals surface area contributed by atoms with Crippen molar-refractivity contribution in [2.45, 2.75) is 32.9 Å². The Morgan fingerprint density at radius 3 is 2.37 bits per heavy atom. The van der Waals surface area contributed by atoms with Crippen LogP contribution in [0.3, 0.4) is 0 Å². The summed E-state index contributed by atoms with van der Waals surface area (Å²) in [4.78, 5) is 40.2. The summed E-state index contributed by atoms with van der Waals surface area (Å²) in [5.41, 5.74) is 3.38. The van der Waals surface area contributed by atoms with Crippen LogP contribution >= 0.6 is 23.2 Å². The summed E-state index contributed by atoms with van der Waals surface area (Å²) in [6, 6.07) is 11.9. The van der Waals surface area contributed by atoms with Crippen molar-refractivity contribution < 1.29 is 19.4 Å². The number of halogens is 2. The predicted octanol–water partition coefficient (Wildman–Crippen LogP) is 5.99. The predicted molar refractivity (Wildman–Crippen MR) is 143 cm³/mol. The van der Waals surface area contributed by atoms with Gasteiger partial charge in [0.15, 0.2) is 23.0 Å². The third-order valence-electron chi connectivity index (χ3n) is 6.40. The Bertz CT molecular complexity index is 1580. The molecule has 2 aromatic carbocycles. The molecule has 1 N–H and O–H groups in total. The molecule has 11 heteroatoms. The number of aromatic nitrogens is 4. The highest BCUT2D eigenvalue weighted by molar-refractivity contribution is 6.31. The number of carbonyl (C=O) groups is 2. The van der Waals surface area contributed by atoms with Gasteiger partial charge in [-0.3, -0.25) is 9.69 Å². The lowest BCUT2D eigenvalue weighted by Gasteiger charge is -2.29. The lowest BCUT2D eigenvalue weighted by molar-refractivity contribution is 0.0683. The highest BCUT2D eigenvalue weighted by atomic mass is 35.5. The van der Waals surface area contributed by atoms with Gasteiger partial charge in [-0.2, -0.15) is 0 Å². The molecule has 194 valence electrons. The first-order valence-electron chi connectivity index (χ1n) is 11.7. The number of aryl methyl sites for hydroxylation is 1. The number of nitrogens with zero attached hydrogens (tertiary/aromatic N) is 5. The molecule has 5 rings (SSSR count). The molecule has 1 aliphatic heterocycles. The van der Waals surface area contributed by atoms with Gasteiger partial charge in [0.05, 0.1) is 19.0 Å². The standard InChI is InChI=1S/C27H23Cl2N5O4/c1-13(2)33-23-21(32-25(33)20-19(38-4)12-30-24(31-20)27(36)37)26(35)34(18-11-17(29)8-5-14(18)3)22(23)15-6-9-16(28)10-7-15/h5-13,22H,1-4H3,(H,36,37). The molecule has 0 saturated carbocycles. The molecule has 3 heterocycles. The van der Waals surface area contributed by atoms with Crippen molar-refractivity contribution in [2.24, 2.45) is 0 Å². The highest BCUT2D eigenvalue weighted by Gasteiger charge is 2.45. The number of carboxylic acids is 1. The van der Waals surface area contributed by atoms with E-state index in [-0.39, 0.29) is 29.1 Å². The van der Waals surface area contributed by atoms with Gasteiger partial charge in [0.1, 0.15) is 6.04 Å². The highest BCUT2D eigenvalue weighted by Crippen LogP contribution is 2.46. The van der Waals surface area contributed by atoms with Crippen molar-refractivity contribution >= 4 is 40.8 Å². The Morgan fingerprint density at radius 2 is 1.74 bits per heavy atom. The number of carboxylic acid groups (broad SMARTS) is 1. The minimum Gasteiger partial charge on any atom is -0.493 e. The average Bonchev–Trinajstić information content (AvgIpc) is 3.41. The summed E-state index contributed by atoms with van der Waals surface area (Å²) in [6.45, 7) is 5.82. The average molecular weight is 552 g/mol. The van der Waals surface area contributed by atoms with Crippen LogP contribution in [0.2, 0.25) is 10.0 Å². The summed E-state index contributed by atoms with van der Waals surface area (Å²) in [5.74, 6) is -1.48. The van der Waals surface area contributed by atoms with E-state index >= 15 is 0 Å². The van der Waals surface area contributed by atoms with Crippen LogP contribution in [0.4, 0.5) is 5.69 Å². The Labute approximate surface area is 228 Å². The molecule has 4 aromatic rings. The first-order valence-corrected chi connectivity index (χ1v) is 12.5. The molecule has 1 aliphatic rings. The van der Waals surface area contributed by atoms with Crippen LogP contribution in [0.25, 0.3) is 11.5 Å². The van der Waals surface area contributed by atoms with E-state index < -0.39 is 17.8 Å². The van der Waals surface area contributed by atoms with Gasteiger partial charge in [-0.15, -0.1) is 0 Å². The zero-order valence-electron chi connectivity index (χ0n) is 20.9. The number of imidazole rings is 1. The van der Waals surface area contributed by atoms with Crippen LogP contribution in [0.15, 0.2) is 48.7 Å². The summed E-state index contributed by atoms with van der Waals surface area (Å²) in [6.07, 6.45) is 1.29. The number of hydrogen-bond acceptors (Lipinski definition) is 6. The molecule has 0 fully saturated rings. The van der Waals surface area contributed by atoms with Crippen molar-refractivity contribution in [3.05, 3.63) is 87.0 Å². The lowest BCUT2D eigenvalue weighted by atomic mass is 10.0. The Kier molecular flexibility index (Phi) is 6.58. The normalized spacial score (nSPS) is 14.8. The zero-order valence-corrected chi connectivity index (χ0v) is 22.4. The summed E-state index contributed by atoms with van der Waals surface area (Å²) in [7, 11) is 1.43. The maximum absolute atomic E-state index is 14.1. The van der Waals surface area contributed by atoms with E-state index in [4.69, 9.17) is 32.9 Å². The molecule has 1 unspecified atom stereocenters. The second-order valence-electron chi connectivity index (χ2n) is 9.11. The van der Waals surface area contributed by atoms with Crippen LogP contribution in [0.1, 0.15) is 63.9 Å². The molecule has 0 aliphatic carbocycles. The molecule has 2 aromatic heterocycles. The number of carbonyl (C=O) groups excluding carboxylic acids is 1. The lowest BCUT2D eigenvalue weighted by Crippen LogP contribution is -2.31. The topological polar surface area (TPSA) is 110 Å². The first-order chi connectivity index (χ1) is 18.1. The van der Waals surface area contributed by atoms with Gasteiger partial charge in [-0.05, 0) is 56.2 Å². The molecule has 38 heavy (non-hydrogen) atoms. The molecule has 0 radical (unpaired) electrons. The van der Waals surface area contributed by atoms with Crippen LogP contribution in [0, 0.1) is 6.92 Å². The van der Waals surface area contributed by atoms with Crippen molar-refractivity contribution in [3.63, 3.8) is 0 Å². The maximum Gasteiger partial charge on any atom is 0.373 e. The van der Waals surface area contributed by atoms with Crippen molar-refractivity contribution in [3.8, 4) is 17.3 Å². The van der Waals surface area contributed by atoms with Gasteiger partial charge in [0, 0.05) is 21.8 Å². The number of ether oxygens (including phenoxy) is 1. The molecule has 0 saturated heterocycles. The van der Waals surface area contributed by atoms with E-state index in [0.29, 0.717) is 27.3 Å². The number of anilines is 1. The minimum atomic E-state index is -1.29. The second-order valence-corrected chi connectivity index (χ2v) is 9.98. The zero-order chi connectivity index (χ0) is 27.3. The van der Waals surface area contributed by atoms with Gasteiger partial charge < -0.3 is 14.4 Å². The summed E-state index contributed by atoms with van der Waals surface area (Å²) >= 11 is 12.5. The number of benzene rings is 2. The largest absolute Gasteiger partial charge is 0.493 e. The fraction of sp³-hybridized carbons (Fsp3) is 0.222. The number of amides is 1. The fourth-order valence-corrected chi connectivity index (χ4v) is 5.03. The number of hydrogen-bond donors (Lipinski definition) is 1. The third kappa shape index (κ3) is 4.17. The Morgan fingerprint density at radius 1 is 1.05 bits per heavy atom. The van der Waals surface area contributed by atoms with Crippen LogP contribution in [0.5, 0.6) is 5.75 Å². The van der Waals surface area contributed by atoms with E-state index in [0.717, 1.165) is 11.1 Å². The van der Waals surface area contributed by atoms with Gasteiger partial charge in [-0.1, -0.05) is 41.4 Å². The number of methoxy groups -OCH3 is 1. The van der Waals surface area contributed by atoms with E-state index in [1.54, 1.807) is 29.2 Å². The Balaban J connectivity index is 1.81. The monoisotopic (exact) mass is 551 g/mol. The summed E-state index contributed by atoms with van der Waals surface area (Å²) in [5, 5.41) is 10.6. The van der Waals surface area contributed by atoms with Crippen LogP contribution < -0.4 is 9.64 Å². The van der Waals surface area contributed by atoms with Crippen molar-refractivity contribution in [2.75, 3.05) is 12.0 Å². The molecule has 1 atom stereocenters. The Hall–Kier alpha value is -3.95. The molecular weight excluding hydrogens is 529 g/mol. The van der Waals surface area contributed by atoms with Crippen molar-refractivity contribution in [1.82, 2.24) is 19.5 Å². The van der Waals surface area contributed by atoms with E-state index in [2.05, 4.69) is 9.97 Å². The van der Waals surface area contributed by atoms with Crippen LogP contribution in [-0.4, -0.2) is 43.6 Å². The van der Waals surface area contributed by atoms with E-state index in [1.807, 2.05) is 43.5 Å². The smallest absolute Gasteiger partial charge is 0.373 e. The SMILES string of the molecule is COc1cnc(C(=O)O)nc1-c1nc2c(n1C(C)C)C(c1ccc(Cl)cc1)N(c1cc(Cl)ccc1C)C2=O. The van der Waals surface area contributed by atoms with Crippen molar-refractivity contribution in [1.29, 1.82) is 0 Å². The van der Waals surface area contributed by atoms with E-state index in [1.165, 1.54) is 13.3 Å². The molecule has 0 bridgehead atoms. The summed E-state index contributed by atoms with van der Waals surface area (Å²) < 4.78 is 7.34. The maximum atomic E-state index is 14.1. The van der Waals surface area contributed by atoms with Gasteiger partial charge >= 0.3 is 5.97 Å². The third-order valence-corrected chi connectivity index (χ3v) is 6.88. The molecule has 1 amide bonds. The molecule has 9 nitrogen and oxygen atoms in total. The molecular formula is C27H23Cl2N5O4. The van der Waals surface area contributed by atoms with Crippen LogP contribution in [-0.2, 0) is 0 Å². The first kappa shape index (κ1) is 25.7. The molecule has 0 spiro atoms. The van der Waals surface area contributed by atoms with Gasteiger partial charge in [0.25, 0.3) is 5.91 Å². The fourth-order valence-electron chi connectivity index (χ4n) is 4.73. The van der Waals surface area contributed by atoms with Gasteiger partial charge in [-0.25, -0.2) is 19.7 Å². The van der Waals surface area contributed by atoms with E-state index in [9.17, 15) is 14.7 Å². The number of fused-ring (bicyclic) bond motifs is 1. The number of rotatable bonds is 6. The van der Waals surface area contributed by atoms with Gasteiger partial charge in [0.2, 0.25) is 5.82 Å². The minimum absolute atomic E-state index is 0.177. The number of aromatic carboxylic acids is 1. The quantitative estimate of drug-likeness (QED) is 0.313. The second kappa shape index (κ2) is 9.74.